The van der Waals surface area contributed by atoms with E-state index in [1.165, 1.54) is 0 Å². The predicted octanol–water partition coefficient (Wildman–Crippen LogP) is 2.33. The molecule has 0 aromatic heterocycles. The molecule has 0 unspecified atom stereocenters. The summed E-state index contributed by atoms with van der Waals surface area (Å²) >= 11 is 6.01. The van der Waals surface area contributed by atoms with Crippen LogP contribution in [-0.2, 0) is 22.6 Å². The van der Waals surface area contributed by atoms with Crippen molar-refractivity contribution in [3.63, 3.8) is 0 Å². The van der Waals surface area contributed by atoms with Crippen molar-refractivity contribution in [3.05, 3.63) is 58.6 Å². The maximum absolute atomic E-state index is 11.9. The fraction of sp³-hybridized carbons (Fsp3) is 0.263. The molecule has 0 heterocycles. The molecule has 6 nitrogen and oxygen atoms in total. The van der Waals surface area contributed by atoms with Crippen molar-refractivity contribution < 1.29 is 19.1 Å². The Morgan fingerprint density at radius 1 is 0.962 bits per heavy atom. The summed E-state index contributed by atoms with van der Waals surface area (Å²) in [5, 5.41) is 5.68. The number of nitrogens with one attached hydrogen (secondary N) is 2. The molecule has 0 aliphatic carbocycles. The molecule has 0 bridgehead atoms. The third-order valence-corrected chi connectivity index (χ3v) is 4.12. The molecule has 26 heavy (non-hydrogen) atoms. The van der Waals surface area contributed by atoms with Gasteiger partial charge in [-0.25, -0.2) is 0 Å². The molecule has 2 aromatic carbocycles. The fourth-order valence-corrected chi connectivity index (χ4v) is 2.54. The molecule has 2 rings (SSSR count). The summed E-state index contributed by atoms with van der Waals surface area (Å²) in [7, 11) is 3.13. The zero-order chi connectivity index (χ0) is 18.9. The van der Waals surface area contributed by atoms with Crippen LogP contribution in [0, 0.1) is 0 Å². The summed E-state index contributed by atoms with van der Waals surface area (Å²) in [4.78, 5) is 23.7. The lowest BCUT2D eigenvalue weighted by Gasteiger charge is -2.10. The molecule has 0 aliphatic rings. The highest BCUT2D eigenvalue weighted by Gasteiger charge is 2.13. The summed E-state index contributed by atoms with van der Waals surface area (Å²) < 4.78 is 10.4. The van der Waals surface area contributed by atoms with Gasteiger partial charge in [0.05, 0.1) is 14.2 Å². The minimum absolute atomic E-state index is 0.196. The molecule has 0 saturated heterocycles. The second kappa shape index (κ2) is 9.68. The fourth-order valence-electron chi connectivity index (χ4n) is 2.33. The van der Waals surface area contributed by atoms with Crippen LogP contribution in [0.3, 0.4) is 0 Å². The number of halogens is 1. The van der Waals surface area contributed by atoms with E-state index >= 15 is 0 Å². The van der Waals surface area contributed by atoms with Crippen LogP contribution in [0.2, 0.25) is 5.02 Å². The maximum atomic E-state index is 11.9. The summed E-state index contributed by atoms with van der Waals surface area (Å²) in [5.74, 6) is -0.122. The molecule has 138 valence electrons. The first-order chi connectivity index (χ1) is 12.5. The number of ether oxygens (including phenoxy) is 2. The van der Waals surface area contributed by atoms with E-state index in [-0.39, 0.29) is 6.54 Å². The van der Waals surface area contributed by atoms with Gasteiger partial charge < -0.3 is 20.1 Å². The molecular weight excluding hydrogens is 356 g/mol. The van der Waals surface area contributed by atoms with Crippen molar-refractivity contribution in [3.8, 4) is 11.5 Å². The number of carbonyl (C=O) groups is 2. The molecular formula is C19H21ClN2O4. The maximum Gasteiger partial charge on any atom is 0.309 e. The summed E-state index contributed by atoms with van der Waals surface area (Å²) in [6, 6.07) is 12.6. The zero-order valence-electron chi connectivity index (χ0n) is 14.7. The largest absolute Gasteiger partial charge is 0.493 e. The highest BCUT2D eigenvalue weighted by Crippen LogP contribution is 2.27. The van der Waals surface area contributed by atoms with Gasteiger partial charge >= 0.3 is 11.8 Å². The van der Waals surface area contributed by atoms with Crippen LogP contribution in [0.15, 0.2) is 42.5 Å². The van der Waals surface area contributed by atoms with Crippen LogP contribution < -0.4 is 20.1 Å². The molecule has 2 N–H and O–H groups in total. The third kappa shape index (κ3) is 5.39. The minimum Gasteiger partial charge on any atom is -0.493 e. The van der Waals surface area contributed by atoms with Gasteiger partial charge in [-0.1, -0.05) is 35.9 Å². The number of methoxy groups -OCH3 is 2. The van der Waals surface area contributed by atoms with Crippen LogP contribution in [-0.4, -0.2) is 32.6 Å². The lowest BCUT2D eigenvalue weighted by molar-refractivity contribution is -0.139. The molecule has 0 saturated carbocycles. The second-order valence-electron chi connectivity index (χ2n) is 5.47. The molecule has 2 aromatic rings. The van der Waals surface area contributed by atoms with Crippen molar-refractivity contribution >= 4 is 23.4 Å². The van der Waals surface area contributed by atoms with Gasteiger partial charge in [-0.3, -0.25) is 9.59 Å². The van der Waals surface area contributed by atoms with Crippen LogP contribution in [0.25, 0.3) is 0 Å². The first kappa shape index (κ1) is 19.6. The molecule has 2 amide bonds. The quantitative estimate of drug-likeness (QED) is 0.727. The molecule has 0 radical (unpaired) electrons. The molecule has 0 spiro atoms. The van der Waals surface area contributed by atoms with Crippen LogP contribution >= 0.6 is 11.6 Å². The van der Waals surface area contributed by atoms with Crippen LogP contribution in [0.4, 0.5) is 0 Å². The van der Waals surface area contributed by atoms with Crippen molar-refractivity contribution in [1.82, 2.24) is 10.6 Å². The summed E-state index contributed by atoms with van der Waals surface area (Å²) in [5.41, 5.74) is 1.71. The third-order valence-electron chi connectivity index (χ3n) is 3.75. The average molecular weight is 377 g/mol. The van der Waals surface area contributed by atoms with Gasteiger partial charge in [-0.15, -0.1) is 0 Å². The van der Waals surface area contributed by atoms with Crippen molar-refractivity contribution in [1.29, 1.82) is 0 Å². The van der Waals surface area contributed by atoms with Gasteiger partial charge in [0.2, 0.25) is 0 Å². The standard InChI is InChI=1S/C19H21ClN2O4/c1-25-16-8-7-13(11-17(16)26-2)9-10-21-18(23)19(24)22-12-14-5-3-4-6-15(14)20/h3-8,11H,9-10,12H2,1-2H3,(H,21,23)(H,22,24). The Labute approximate surface area is 157 Å². The monoisotopic (exact) mass is 376 g/mol. The number of benzene rings is 2. The average Bonchev–Trinajstić information content (AvgIpc) is 2.66. The van der Waals surface area contributed by atoms with Crippen molar-refractivity contribution in [2.45, 2.75) is 13.0 Å². The van der Waals surface area contributed by atoms with E-state index in [4.69, 9.17) is 21.1 Å². The lowest BCUT2D eigenvalue weighted by Crippen LogP contribution is -2.40. The molecule has 0 atom stereocenters. The van der Waals surface area contributed by atoms with E-state index in [9.17, 15) is 9.59 Å². The first-order valence-corrected chi connectivity index (χ1v) is 8.43. The van der Waals surface area contributed by atoms with E-state index in [2.05, 4.69) is 10.6 Å². The number of hydrogen-bond donors (Lipinski definition) is 2. The van der Waals surface area contributed by atoms with Gasteiger partial charge in [-0.2, -0.15) is 0 Å². The van der Waals surface area contributed by atoms with Crippen molar-refractivity contribution in [2.24, 2.45) is 0 Å². The first-order valence-electron chi connectivity index (χ1n) is 8.05. The van der Waals surface area contributed by atoms with Gasteiger partial charge in [0, 0.05) is 18.1 Å². The van der Waals surface area contributed by atoms with Gasteiger partial charge in [0.15, 0.2) is 11.5 Å². The highest BCUT2D eigenvalue weighted by molar-refractivity contribution is 6.35. The van der Waals surface area contributed by atoms with Gasteiger partial charge in [-0.05, 0) is 35.7 Å². The number of amides is 2. The SMILES string of the molecule is COc1ccc(CCNC(=O)C(=O)NCc2ccccc2Cl)cc1OC. The van der Waals surface area contributed by atoms with Gasteiger partial charge in [0.25, 0.3) is 0 Å². The smallest absolute Gasteiger partial charge is 0.309 e. The Balaban J connectivity index is 1.79. The van der Waals surface area contributed by atoms with E-state index in [1.54, 1.807) is 38.5 Å². The molecule has 0 fully saturated rings. The van der Waals surface area contributed by atoms with E-state index in [0.717, 1.165) is 11.1 Å². The van der Waals surface area contributed by atoms with Crippen LogP contribution in [0.1, 0.15) is 11.1 Å². The topological polar surface area (TPSA) is 76.7 Å². The highest BCUT2D eigenvalue weighted by atomic mass is 35.5. The Morgan fingerprint density at radius 3 is 2.35 bits per heavy atom. The normalized spacial score (nSPS) is 10.1. The Bertz CT molecular complexity index is 780. The summed E-state index contributed by atoms with van der Waals surface area (Å²) in [6.45, 7) is 0.523. The van der Waals surface area contributed by atoms with Gasteiger partial charge in [0.1, 0.15) is 0 Å². The summed E-state index contributed by atoms with van der Waals surface area (Å²) in [6.07, 6.45) is 0.559. The number of rotatable bonds is 7. The zero-order valence-corrected chi connectivity index (χ0v) is 15.4. The number of hydrogen-bond acceptors (Lipinski definition) is 4. The minimum atomic E-state index is -0.697. The lowest BCUT2D eigenvalue weighted by atomic mass is 10.1. The Hall–Kier alpha value is -2.73. The predicted molar refractivity (Wildman–Crippen MR) is 99.6 cm³/mol. The second-order valence-corrected chi connectivity index (χ2v) is 5.88. The number of carbonyl (C=O) groups excluding carboxylic acids is 2. The Morgan fingerprint density at radius 2 is 1.65 bits per heavy atom. The Kier molecular flexibility index (Phi) is 7.29. The van der Waals surface area contributed by atoms with Crippen LogP contribution in [0.5, 0.6) is 11.5 Å². The van der Waals surface area contributed by atoms with E-state index in [0.29, 0.717) is 29.5 Å². The van der Waals surface area contributed by atoms with E-state index in [1.807, 2.05) is 18.2 Å². The van der Waals surface area contributed by atoms with Crippen molar-refractivity contribution in [2.75, 3.05) is 20.8 Å². The van der Waals surface area contributed by atoms with E-state index < -0.39 is 11.8 Å². The molecule has 0 aliphatic heterocycles. The molecule has 7 heteroatoms.